The molecule has 0 bridgehead atoms. The molecule has 0 amide bonds. The first kappa shape index (κ1) is 11.1. The highest BCUT2D eigenvalue weighted by molar-refractivity contribution is 7.84. The van der Waals surface area contributed by atoms with Crippen LogP contribution in [0.25, 0.3) is 0 Å². The summed E-state index contributed by atoms with van der Waals surface area (Å²) in [4.78, 5) is 2.35. The monoisotopic (exact) mass is 204 g/mol. The average Bonchev–Trinajstić information content (AvgIpc) is 2.03. The van der Waals surface area contributed by atoms with Gasteiger partial charge in [-0.2, -0.15) is 0 Å². The van der Waals surface area contributed by atoms with E-state index < -0.39 is 10.8 Å². The third kappa shape index (κ3) is 4.74. The van der Waals surface area contributed by atoms with Crippen molar-refractivity contribution in [2.75, 3.05) is 38.7 Å². The third-order valence-electron chi connectivity index (χ3n) is 2.45. The first-order valence-corrected chi connectivity index (χ1v) is 6.63. The van der Waals surface area contributed by atoms with Crippen LogP contribution in [0.1, 0.15) is 12.8 Å². The Morgan fingerprint density at radius 1 is 1.62 bits per heavy atom. The van der Waals surface area contributed by atoms with Gasteiger partial charge in [-0.25, -0.2) is 0 Å². The lowest BCUT2D eigenvalue weighted by atomic mass is 10.1. The smallest absolute Gasteiger partial charge is 0.0357 e. The van der Waals surface area contributed by atoms with Gasteiger partial charge in [0.1, 0.15) is 0 Å². The van der Waals surface area contributed by atoms with Crippen LogP contribution in [0.15, 0.2) is 0 Å². The highest BCUT2D eigenvalue weighted by Gasteiger charge is 2.15. The fourth-order valence-corrected chi connectivity index (χ4v) is 2.15. The summed E-state index contributed by atoms with van der Waals surface area (Å²) in [5.41, 5.74) is 0. The zero-order valence-electron chi connectivity index (χ0n) is 8.58. The molecule has 1 aliphatic heterocycles. The van der Waals surface area contributed by atoms with Gasteiger partial charge in [0.25, 0.3) is 0 Å². The highest BCUT2D eigenvalue weighted by Crippen LogP contribution is 2.07. The summed E-state index contributed by atoms with van der Waals surface area (Å²) >= 11 is 0. The van der Waals surface area contributed by atoms with Crippen LogP contribution in [0.5, 0.6) is 0 Å². The Kier molecular flexibility index (Phi) is 4.91. The topological polar surface area (TPSA) is 32.3 Å². The Morgan fingerprint density at radius 3 is 3.00 bits per heavy atom. The van der Waals surface area contributed by atoms with Gasteiger partial charge < -0.3 is 10.2 Å². The number of likely N-dealkylation sites (tertiary alicyclic amines) is 1. The minimum absolute atomic E-state index is 0.613. The normalized spacial score (nSPS) is 27.4. The van der Waals surface area contributed by atoms with Gasteiger partial charge in [0.05, 0.1) is 0 Å². The molecule has 0 spiro atoms. The number of hydrogen-bond acceptors (Lipinski definition) is 3. The maximum absolute atomic E-state index is 10.8. The maximum Gasteiger partial charge on any atom is 0.0357 e. The Hall–Kier alpha value is 0.0700. The van der Waals surface area contributed by atoms with Crippen molar-refractivity contribution in [3.63, 3.8) is 0 Å². The van der Waals surface area contributed by atoms with E-state index in [-0.39, 0.29) is 0 Å². The lowest BCUT2D eigenvalue weighted by Gasteiger charge is -2.30. The second-order valence-electron chi connectivity index (χ2n) is 3.83. The van der Waals surface area contributed by atoms with Crippen LogP contribution in [0.2, 0.25) is 0 Å². The molecule has 2 atom stereocenters. The fraction of sp³-hybridized carbons (Fsp3) is 1.00. The summed E-state index contributed by atoms with van der Waals surface area (Å²) in [7, 11) is 1.50. The third-order valence-corrected chi connectivity index (χ3v) is 3.23. The molecule has 0 aliphatic carbocycles. The molecule has 13 heavy (non-hydrogen) atoms. The summed E-state index contributed by atoms with van der Waals surface area (Å²) < 4.78 is 10.8. The number of rotatable bonds is 4. The van der Waals surface area contributed by atoms with Crippen molar-refractivity contribution >= 4 is 10.8 Å². The Morgan fingerprint density at radius 2 is 2.38 bits per heavy atom. The lowest BCUT2D eigenvalue weighted by molar-refractivity contribution is 0.229. The van der Waals surface area contributed by atoms with Crippen molar-refractivity contribution in [3.8, 4) is 0 Å². The molecule has 0 saturated carbocycles. The van der Waals surface area contributed by atoms with Crippen molar-refractivity contribution in [2.45, 2.75) is 18.9 Å². The molecule has 1 aliphatic rings. The second kappa shape index (κ2) is 5.73. The summed E-state index contributed by atoms with van der Waals surface area (Å²) in [5.74, 6) is 0.778. The van der Waals surface area contributed by atoms with E-state index in [1.807, 2.05) is 0 Å². The van der Waals surface area contributed by atoms with E-state index in [0.717, 1.165) is 18.8 Å². The first-order valence-electron chi connectivity index (χ1n) is 4.90. The van der Waals surface area contributed by atoms with Gasteiger partial charge in [-0.05, 0) is 26.4 Å². The van der Waals surface area contributed by atoms with Gasteiger partial charge in [-0.3, -0.25) is 4.21 Å². The van der Waals surface area contributed by atoms with Crippen LogP contribution in [0.3, 0.4) is 0 Å². The SMILES string of the molecule is CN1CCCC(NCCS(C)=O)C1. The van der Waals surface area contributed by atoms with Gasteiger partial charge in [-0.15, -0.1) is 0 Å². The van der Waals surface area contributed by atoms with Gasteiger partial charge in [0.15, 0.2) is 0 Å². The minimum Gasteiger partial charge on any atom is -0.312 e. The van der Waals surface area contributed by atoms with Crippen LogP contribution in [-0.4, -0.2) is 53.8 Å². The van der Waals surface area contributed by atoms with Crippen LogP contribution in [-0.2, 0) is 10.8 Å². The number of likely N-dealkylation sites (N-methyl/N-ethyl adjacent to an activating group) is 1. The average molecular weight is 204 g/mol. The maximum atomic E-state index is 10.8. The van der Waals surface area contributed by atoms with Gasteiger partial charge in [0, 0.05) is 41.9 Å². The molecule has 0 radical (unpaired) electrons. The Labute approximate surface area is 83.3 Å². The predicted octanol–water partition coefficient (Wildman–Crippen LogP) is 0.0487. The zero-order valence-corrected chi connectivity index (χ0v) is 9.40. The fourth-order valence-electron chi connectivity index (χ4n) is 1.74. The predicted molar refractivity (Wildman–Crippen MR) is 57.5 cm³/mol. The van der Waals surface area contributed by atoms with E-state index in [1.54, 1.807) is 6.26 Å². The number of nitrogens with zero attached hydrogens (tertiary/aromatic N) is 1. The molecule has 4 heteroatoms. The van der Waals surface area contributed by atoms with E-state index in [2.05, 4.69) is 17.3 Å². The molecular weight excluding hydrogens is 184 g/mol. The quantitative estimate of drug-likeness (QED) is 0.702. The molecule has 1 heterocycles. The lowest BCUT2D eigenvalue weighted by Crippen LogP contribution is -2.44. The van der Waals surface area contributed by atoms with Crippen molar-refractivity contribution in [1.29, 1.82) is 0 Å². The van der Waals surface area contributed by atoms with E-state index in [9.17, 15) is 4.21 Å². The van der Waals surface area contributed by atoms with Gasteiger partial charge in [0.2, 0.25) is 0 Å². The molecule has 1 rings (SSSR count). The first-order chi connectivity index (χ1) is 6.18. The molecule has 1 fully saturated rings. The van der Waals surface area contributed by atoms with Crippen LogP contribution in [0, 0.1) is 0 Å². The molecular formula is C9H20N2OS. The van der Waals surface area contributed by atoms with Crippen LogP contribution in [0.4, 0.5) is 0 Å². The summed E-state index contributed by atoms with van der Waals surface area (Å²) in [6.45, 7) is 3.25. The zero-order chi connectivity index (χ0) is 9.68. The second-order valence-corrected chi connectivity index (χ2v) is 5.39. The molecule has 0 aromatic carbocycles. The van der Waals surface area contributed by atoms with Crippen LogP contribution < -0.4 is 5.32 Å². The molecule has 0 aromatic rings. The molecule has 1 saturated heterocycles. The Bertz CT molecular complexity index is 175. The van der Waals surface area contributed by atoms with Gasteiger partial charge in [-0.1, -0.05) is 0 Å². The van der Waals surface area contributed by atoms with Gasteiger partial charge >= 0.3 is 0 Å². The molecule has 1 N–H and O–H groups in total. The number of piperidine rings is 1. The van der Waals surface area contributed by atoms with E-state index in [1.165, 1.54) is 19.4 Å². The van der Waals surface area contributed by atoms with Crippen molar-refractivity contribution in [3.05, 3.63) is 0 Å². The highest BCUT2D eigenvalue weighted by atomic mass is 32.2. The molecule has 3 nitrogen and oxygen atoms in total. The van der Waals surface area contributed by atoms with Crippen molar-refractivity contribution in [1.82, 2.24) is 10.2 Å². The van der Waals surface area contributed by atoms with E-state index in [4.69, 9.17) is 0 Å². The summed E-state index contributed by atoms with van der Waals surface area (Å²) in [6.07, 6.45) is 4.30. The summed E-state index contributed by atoms with van der Waals surface area (Å²) in [6, 6.07) is 0.613. The number of hydrogen-bond donors (Lipinski definition) is 1. The largest absolute Gasteiger partial charge is 0.312 e. The Balaban J connectivity index is 2.10. The molecule has 78 valence electrons. The van der Waals surface area contributed by atoms with E-state index in [0.29, 0.717) is 6.04 Å². The molecule has 0 aromatic heterocycles. The summed E-state index contributed by atoms with van der Waals surface area (Å²) in [5, 5.41) is 3.45. The van der Waals surface area contributed by atoms with Crippen molar-refractivity contribution < 1.29 is 4.21 Å². The van der Waals surface area contributed by atoms with Crippen molar-refractivity contribution in [2.24, 2.45) is 0 Å². The standard InChI is InChI=1S/C9H20N2OS/c1-11-6-3-4-9(8-11)10-5-7-13(2)12/h9-10H,3-8H2,1-2H3. The molecule has 2 unspecified atom stereocenters. The minimum atomic E-state index is -0.655. The number of nitrogens with one attached hydrogen (secondary N) is 1. The van der Waals surface area contributed by atoms with E-state index >= 15 is 0 Å². The van der Waals surface area contributed by atoms with Crippen LogP contribution >= 0.6 is 0 Å².